The third-order valence-electron chi connectivity index (χ3n) is 6.18. The van der Waals surface area contributed by atoms with Gasteiger partial charge in [-0.15, -0.1) is 0 Å². The van der Waals surface area contributed by atoms with Crippen LogP contribution < -0.4 is 4.90 Å². The minimum absolute atomic E-state index is 0.103. The van der Waals surface area contributed by atoms with E-state index in [1.807, 2.05) is 22.9 Å². The quantitative estimate of drug-likeness (QED) is 0.541. The van der Waals surface area contributed by atoms with Crippen molar-refractivity contribution in [1.29, 1.82) is 0 Å². The first kappa shape index (κ1) is 22.4. The summed E-state index contributed by atoms with van der Waals surface area (Å²) in [6.45, 7) is 5.14. The lowest BCUT2D eigenvalue weighted by molar-refractivity contribution is -0.0383. The maximum absolute atomic E-state index is 11.7. The molecule has 0 aliphatic carbocycles. The summed E-state index contributed by atoms with van der Waals surface area (Å²) in [4.78, 5) is 12.0. The van der Waals surface area contributed by atoms with E-state index in [0.29, 0.717) is 13.2 Å². The first-order chi connectivity index (χ1) is 16.1. The van der Waals surface area contributed by atoms with E-state index in [1.165, 1.54) is 6.26 Å². The Morgan fingerprint density at radius 3 is 2.94 bits per heavy atom. The van der Waals surface area contributed by atoms with Crippen LogP contribution >= 0.6 is 0 Å². The third-order valence-corrected chi connectivity index (χ3v) is 6.63. The second-order valence-electron chi connectivity index (χ2n) is 8.46. The number of morpholine rings is 1. The highest BCUT2D eigenvalue weighted by atomic mass is 32.2. The zero-order chi connectivity index (χ0) is 22.8. The Bertz CT molecular complexity index is 1150. The lowest BCUT2D eigenvalue weighted by Crippen LogP contribution is -2.44. The number of fused-ring (bicyclic) bond motifs is 1. The highest BCUT2D eigenvalue weighted by molar-refractivity contribution is 7.79. The van der Waals surface area contributed by atoms with E-state index >= 15 is 0 Å². The largest absolute Gasteiger partial charge is 0.377 e. The second-order valence-corrected chi connectivity index (χ2v) is 9.50. The average molecular weight is 472 g/mol. The van der Waals surface area contributed by atoms with Crippen LogP contribution in [0.2, 0.25) is 0 Å². The molecule has 33 heavy (non-hydrogen) atoms. The molecule has 5 heterocycles. The Morgan fingerprint density at radius 1 is 1.24 bits per heavy atom. The molecule has 5 rings (SSSR count). The number of anilines is 1. The summed E-state index contributed by atoms with van der Waals surface area (Å²) in [5.74, 6) is 0.841. The molecule has 0 N–H and O–H groups in total. The molecule has 2 saturated heterocycles. The van der Waals surface area contributed by atoms with Crippen molar-refractivity contribution in [2.45, 2.75) is 45.1 Å². The van der Waals surface area contributed by atoms with Crippen LogP contribution in [0, 0.1) is 0 Å². The number of rotatable bonds is 6. The van der Waals surface area contributed by atoms with Gasteiger partial charge in [-0.25, -0.2) is 13.9 Å². The lowest BCUT2D eigenvalue weighted by Gasteiger charge is -2.34. The molecule has 0 aromatic carbocycles. The minimum Gasteiger partial charge on any atom is -0.377 e. The first-order valence-corrected chi connectivity index (χ1v) is 12.9. The van der Waals surface area contributed by atoms with E-state index in [-0.39, 0.29) is 18.9 Å². The van der Waals surface area contributed by atoms with Crippen molar-refractivity contribution in [3.63, 3.8) is 0 Å². The van der Waals surface area contributed by atoms with Crippen LogP contribution in [-0.4, -0.2) is 62.6 Å². The normalized spacial score (nSPS) is 22.5. The highest BCUT2D eigenvalue weighted by Crippen LogP contribution is 2.33. The zero-order valence-electron chi connectivity index (χ0n) is 19.0. The number of nitrogens with zero attached hydrogens (tertiary/aromatic N) is 5. The maximum Gasteiger partial charge on any atom is 0.152 e. The van der Waals surface area contributed by atoms with Gasteiger partial charge in [-0.2, -0.15) is 5.10 Å². The van der Waals surface area contributed by atoms with Gasteiger partial charge in [-0.05, 0) is 49.9 Å². The second kappa shape index (κ2) is 9.84. The van der Waals surface area contributed by atoms with E-state index in [9.17, 15) is 4.21 Å². The van der Waals surface area contributed by atoms with Crippen molar-refractivity contribution >= 4 is 27.8 Å². The monoisotopic (exact) mass is 471 g/mol. The Labute approximate surface area is 195 Å². The van der Waals surface area contributed by atoms with Crippen LogP contribution in [-0.2, 0) is 31.3 Å². The van der Waals surface area contributed by atoms with Gasteiger partial charge in [0.15, 0.2) is 17.3 Å². The van der Waals surface area contributed by atoms with E-state index in [1.54, 1.807) is 12.4 Å². The fourth-order valence-electron chi connectivity index (χ4n) is 4.52. The lowest BCUT2D eigenvalue weighted by atomic mass is 10.1. The van der Waals surface area contributed by atoms with Crippen LogP contribution in [0.1, 0.15) is 38.0 Å². The van der Waals surface area contributed by atoms with Gasteiger partial charge in [0.25, 0.3) is 0 Å². The van der Waals surface area contributed by atoms with Crippen LogP contribution in [0.4, 0.5) is 5.82 Å². The molecule has 3 aromatic heterocycles. The minimum atomic E-state index is -1.37. The van der Waals surface area contributed by atoms with Crippen molar-refractivity contribution < 1.29 is 17.9 Å². The molecule has 3 atom stereocenters. The standard InChI is InChI=1S/C23H29N5O4S/c1-16-14-30-12-10-27(16)20-13-17(15-32-33(2)29)18-6-8-24-23(22(18)26-20)19-7-9-25-28(19)21-5-3-4-11-31-21/h6-9,13,16,21H,3-5,10-12,14-15H2,1-2H3/t16-,21?,33?/m1/s1. The highest BCUT2D eigenvalue weighted by Gasteiger charge is 2.25. The van der Waals surface area contributed by atoms with E-state index in [4.69, 9.17) is 23.6 Å². The summed E-state index contributed by atoms with van der Waals surface area (Å²) in [5.41, 5.74) is 3.32. The van der Waals surface area contributed by atoms with Gasteiger partial charge in [0.05, 0.1) is 31.6 Å². The van der Waals surface area contributed by atoms with Gasteiger partial charge in [-0.1, -0.05) is 0 Å². The third kappa shape index (κ3) is 4.65. The van der Waals surface area contributed by atoms with Crippen LogP contribution in [0.15, 0.2) is 30.6 Å². The summed E-state index contributed by atoms with van der Waals surface area (Å²) in [6.07, 6.45) is 8.10. The molecule has 0 bridgehead atoms. The molecule has 10 heteroatoms. The first-order valence-electron chi connectivity index (χ1n) is 11.4. The summed E-state index contributed by atoms with van der Waals surface area (Å²) in [7, 11) is 0. The Morgan fingerprint density at radius 2 is 2.15 bits per heavy atom. The Kier molecular flexibility index (Phi) is 6.68. The molecule has 2 aliphatic rings. The SMILES string of the molecule is C[C@@H]1COCCN1c1cc(COS(C)=O)c2ccnc(-c3ccnn3C3CCCCO3)c2n1. The molecular weight excluding hydrogens is 442 g/mol. The number of pyridine rings is 2. The number of hydrogen-bond donors (Lipinski definition) is 0. The predicted octanol–water partition coefficient (Wildman–Crippen LogP) is 3.23. The van der Waals surface area contributed by atoms with Crippen molar-refractivity contribution in [2.24, 2.45) is 0 Å². The fraction of sp³-hybridized carbons (Fsp3) is 0.522. The van der Waals surface area contributed by atoms with Crippen molar-refractivity contribution in [3.8, 4) is 11.4 Å². The summed E-state index contributed by atoms with van der Waals surface area (Å²) >= 11 is -1.37. The smallest absolute Gasteiger partial charge is 0.152 e. The molecule has 0 spiro atoms. The topological polar surface area (TPSA) is 91.6 Å². The average Bonchev–Trinajstić information content (AvgIpc) is 3.32. The van der Waals surface area contributed by atoms with Crippen molar-refractivity contribution in [3.05, 3.63) is 36.2 Å². The van der Waals surface area contributed by atoms with E-state index in [0.717, 1.165) is 66.1 Å². The fourth-order valence-corrected chi connectivity index (χ4v) is 4.82. The molecule has 3 aromatic rings. The van der Waals surface area contributed by atoms with Gasteiger partial charge in [0, 0.05) is 37.2 Å². The molecule has 176 valence electrons. The zero-order valence-corrected chi connectivity index (χ0v) is 19.8. The number of ether oxygens (including phenoxy) is 2. The van der Waals surface area contributed by atoms with Crippen molar-refractivity contribution in [1.82, 2.24) is 19.7 Å². The molecular formula is C23H29N5O4S. The van der Waals surface area contributed by atoms with Crippen LogP contribution in [0.3, 0.4) is 0 Å². The van der Waals surface area contributed by atoms with Crippen LogP contribution in [0.5, 0.6) is 0 Å². The van der Waals surface area contributed by atoms with Crippen LogP contribution in [0.25, 0.3) is 22.3 Å². The van der Waals surface area contributed by atoms with Gasteiger partial charge in [-0.3, -0.25) is 9.17 Å². The van der Waals surface area contributed by atoms with E-state index in [2.05, 4.69) is 16.9 Å². The maximum atomic E-state index is 11.7. The van der Waals surface area contributed by atoms with Gasteiger partial charge in [0.1, 0.15) is 17.0 Å². The van der Waals surface area contributed by atoms with E-state index < -0.39 is 11.1 Å². The summed E-state index contributed by atoms with van der Waals surface area (Å²) in [6, 6.07) is 6.12. The summed E-state index contributed by atoms with van der Waals surface area (Å²) < 4.78 is 30.7. The van der Waals surface area contributed by atoms with Gasteiger partial charge < -0.3 is 14.4 Å². The molecule has 9 nitrogen and oxygen atoms in total. The Hall–Kier alpha value is -2.40. The number of hydrogen-bond acceptors (Lipinski definition) is 8. The predicted molar refractivity (Wildman–Crippen MR) is 126 cm³/mol. The number of aromatic nitrogens is 4. The molecule has 0 saturated carbocycles. The summed E-state index contributed by atoms with van der Waals surface area (Å²) in [5, 5.41) is 5.48. The molecule has 2 fully saturated rings. The van der Waals surface area contributed by atoms with Gasteiger partial charge >= 0.3 is 0 Å². The molecule has 2 unspecified atom stereocenters. The van der Waals surface area contributed by atoms with Crippen molar-refractivity contribution in [2.75, 3.05) is 37.5 Å². The molecule has 2 aliphatic heterocycles. The van der Waals surface area contributed by atoms with Gasteiger partial charge in [0.2, 0.25) is 0 Å². The molecule has 0 amide bonds. The Balaban J connectivity index is 1.64. The molecule has 0 radical (unpaired) electrons.